The van der Waals surface area contributed by atoms with Crippen LogP contribution in [0.15, 0.2) is 22.7 Å². The highest BCUT2D eigenvalue weighted by Crippen LogP contribution is 2.53. The minimum atomic E-state index is -0.0150. The zero-order valence-corrected chi connectivity index (χ0v) is 14.2. The first-order valence-electron chi connectivity index (χ1n) is 7.86. The van der Waals surface area contributed by atoms with Crippen LogP contribution in [0.1, 0.15) is 42.5 Å². The molecule has 4 heteroatoms. The summed E-state index contributed by atoms with van der Waals surface area (Å²) in [5, 5.41) is 3.81. The fraction of sp³-hybridized carbons (Fsp3) is 0.588. The number of hydrogen-bond donors (Lipinski definition) is 1. The molecule has 4 aliphatic carbocycles. The summed E-state index contributed by atoms with van der Waals surface area (Å²) < 4.78 is 0.780. The fourth-order valence-corrected chi connectivity index (χ4v) is 5.65. The third kappa shape index (κ3) is 2.43. The lowest BCUT2D eigenvalue weighted by molar-refractivity contribution is -0.0119. The van der Waals surface area contributed by atoms with Gasteiger partial charge < -0.3 is 5.32 Å². The van der Waals surface area contributed by atoms with E-state index in [1.807, 2.05) is 12.1 Å². The number of carbonyl (C=O) groups is 1. The summed E-state index contributed by atoms with van der Waals surface area (Å²) >= 11 is 9.64. The quantitative estimate of drug-likeness (QED) is 0.808. The molecule has 0 radical (unpaired) electrons. The molecule has 4 aliphatic rings. The molecule has 1 aromatic carbocycles. The molecule has 1 aromatic rings. The predicted molar refractivity (Wildman–Crippen MR) is 87.5 cm³/mol. The molecule has 0 unspecified atom stereocenters. The molecule has 0 spiro atoms. The van der Waals surface area contributed by atoms with E-state index in [9.17, 15) is 4.79 Å². The molecule has 4 saturated carbocycles. The molecule has 4 bridgehead atoms. The standard InChI is InChI=1S/C17H19BrClNO/c18-14-3-1-2-13(15(14)19)17(21)20-16-11-5-9-4-10(7-11)8-12(16)6-9/h1-3,9-12,16H,4-8H2,(H,20,21). The summed E-state index contributed by atoms with van der Waals surface area (Å²) in [4.78, 5) is 12.6. The van der Waals surface area contributed by atoms with Crippen LogP contribution >= 0.6 is 27.5 Å². The first-order chi connectivity index (χ1) is 10.1. The normalized spacial score (nSPS) is 36.8. The first-order valence-corrected chi connectivity index (χ1v) is 9.03. The number of carbonyl (C=O) groups excluding carboxylic acids is 1. The van der Waals surface area contributed by atoms with Crippen molar-refractivity contribution in [3.05, 3.63) is 33.3 Å². The fourth-order valence-electron chi connectivity index (χ4n) is 5.07. The minimum absolute atomic E-state index is 0.0150. The van der Waals surface area contributed by atoms with Gasteiger partial charge in [-0.15, -0.1) is 0 Å². The topological polar surface area (TPSA) is 29.1 Å². The highest BCUT2D eigenvalue weighted by Gasteiger charge is 2.48. The van der Waals surface area contributed by atoms with E-state index in [-0.39, 0.29) is 5.91 Å². The van der Waals surface area contributed by atoms with Gasteiger partial charge in [0.15, 0.2) is 0 Å². The molecule has 0 atom stereocenters. The van der Waals surface area contributed by atoms with Crippen LogP contribution in [-0.2, 0) is 0 Å². The Morgan fingerprint density at radius 1 is 1.10 bits per heavy atom. The van der Waals surface area contributed by atoms with Gasteiger partial charge in [0.2, 0.25) is 0 Å². The number of amides is 1. The number of hydrogen-bond acceptors (Lipinski definition) is 1. The van der Waals surface area contributed by atoms with Gasteiger partial charge in [-0.25, -0.2) is 0 Å². The van der Waals surface area contributed by atoms with Crippen molar-refractivity contribution in [2.45, 2.75) is 38.1 Å². The van der Waals surface area contributed by atoms with Gasteiger partial charge in [0.05, 0.1) is 10.6 Å². The van der Waals surface area contributed by atoms with Crippen molar-refractivity contribution in [3.63, 3.8) is 0 Å². The summed E-state index contributed by atoms with van der Waals surface area (Å²) in [5.74, 6) is 3.22. The summed E-state index contributed by atoms with van der Waals surface area (Å²) in [6, 6.07) is 5.89. The molecule has 0 saturated heterocycles. The lowest BCUT2D eigenvalue weighted by Crippen LogP contribution is -2.55. The first kappa shape index (κ1) is 14.1. The van der Waals surface area contributed by atoms with E-state index in [4.69, 9.17) is 11.6 Å². The lowest BCUT2D eigenvalue weighted by atomic mass is 9.54. The molecule has 1 amide bonds. The Kier molecular flexibility index (Phi) is 3.54. The molecule has 4 fully saturated rings. The van der Waals surface area contributed by atoms with E-state index < -0.39 is 0 Å². The SMILES string of the molecule is O=C(NC1C2CC3CC(C2)CC1C3)c1cccc(Br)c1Cl. The van der Waals surface area contributed by atoms with Crippen LogP contribution < -0.4 is 5.32 Å². The monoisotopic (exact) mass is 367 g/mol. The smallest absolute Gasteiger partial charge is 0.253 e. The van der Waals surface area contributed by atoms with E-state index in [2.05, 4.69) is 21.2 Å². The molecule has 112 valence electrons. The Labute approximate surface area is 138 Å². The Bertz CT molecular complexity index is 560. The summed E-state index contributed by atoms with van der Waals surface area (Å²) in [6.45, 7) is 0. The van der Waals surface area contributed by atoms with Crippen LogP contribution in [0.5, 0.6) is 0 Å². The van der Waals surface area contributed by atoms with Gasteiger partial charge in [0.1, 0.15) is 0 Å². The van der Waals surface area contributed by atoms with Gasteiger partial charge in [-0.2, -0.15) is 0 Å². The zero-order valence-electron chi connectivity index (χ0n) is 11.8. The van der Waals surface area contributed by atoms with Gasteiger partial charge in [-0.1, -0.05) is 17.7 Å². The van der Waals surface area contributed by atoms with Crippen LogP contribution in [0.4, 0.5) is 0 Å². The Balaban J connectivity index is 1.53. The lowest BCUT2D eigenvalue weighted by Gasteiger charge is -2.54. The number of benzene rings is 1. The van der Waals surface area contributed by atoms with Crippen LogP contribution in [0.2, 0.25) is 5.02 Å². The highest BCUT2D eigenvalue weighted by molar-refractivity contribution is 9.10. The van der Waals surface area contributed by atoms with Crippen LogP contribution in [0.25, 0.3) is 0 Å². The number of halogens is 2. The minimum Gasteiger partial charge on any atom is -0.349 e. The maximum atomic E-state index is 12.6. The molecular weight excluding hydrogens is 350 g/mol. The Morgan fingerprint density at radius 2 is 1.71 bits per heavy atom. The van der Waals surface area contributed by atoms with E-state index in [0.29, 0.717) is 28.5 Å². The second-order valence-electron chi connectivity index (χ2n) is 7.03. The van der Waals surface area contributed by atoms with Gasteiger partial charge in [-0.05, 0) is 83.8 Å². The van der Waals surface area contributed by atoms with Crippen molar-refractivity contribution in [1.82, 2.24) is 5.32 Å². The van der Waals surface area contributed by atoms with Crippen molar-refractivity contribution in [3.8, 4) is 0 Å². The molecule has 21 heavy (non-hydrogen) atoms. The Hall–Kier alpha value is -0.540. The maximum Gasteiger partial charge on any atom is 0.253 e. The van der Waals surface area contributed by atoms with Gasteiger partial charge in [-0.3, -0.25) is 4.79 Å². The van der Waals surface area contributed by atoms with E-state index >= 15 is 0 Å². The number of rotatable bonds is 2. The second-order valence-corrected chi connectivity index (χ2v) is 8.26. The second kappa shape index (κ2) is 5.27. The van der Waals surface area contributed by atoms with Gasteiger partial charge in [0, 0.05) is 10.5 Å². The zero-order chi connectivity index (χ0) is 14.6. The van der Waals surface area contributed by atoms with E-state index in [0.717, 1.165) is 16.3 Å². The van der Waals surface area contributed by atoms with Crippen LogP contribution in [-0.4, -0.2) is 11.9 Å². The van der Waals surface area contributed by atoms with E-state index in [1.54, 1.807) is 6.07 Å². The van der Waals surface area contributed by atoms with Crippen molar-refractivity contribution in [2.75, 3.05) is 0 Å². The molecule has 0 heterocycles. The third-order valence-electron chi connectivity index (χ3n) is 5.72. The van der Waals surface area contributed by atoms with Crippen molar-refractivity contribution in [1.29, 1.82) is 0 Å². The van der Waals surface area contributed by atoms with E-state index in [1.165, 1.54) is 32.1 Å². The summed E-state index contributed by atoms with van der Waals surface area (Å²) in [7, 11) is 0. The molecule has 0 aromatic heterocycles. The molecule has 5 rings (SSSR count). The largest absolute Gasteiger partial charge is 0.349 e. The van der Waals surface area contributed by atoms with Gasteiger partial charge >= 0.3 is 0 Å². The average molecular weight is 369 g/mol. The third-order valence-corrected chi connectivity index (χ3v) is 7.02. The molecular formula is C17H19BrClNO. The summed E-state index contributed by atoms with van der Waals surface area (Å²) in [5.41, 5.74) is 0.583. The molecule has 2 nitrogen and oxygen atoms in total. The van der Waals surface area contributed by atoms with Gasteiger partial charge in [0.25, 0.3) is 5.91 Å². The number of nitrogens with one attached hydrogen (secondary N) is 1. The molecule has 0 aliphatic heterocycles. The average Bonchev–Trinajstić information content (AvgIpc) is 2.45. The van der Waals surface area contributed by atoms with Crippen LogP contribution in [0, 0.1) is 23.7 Å². The Morgan fingerprint density at radius 3 is 2.33 bits per heavy atom. The summed E-state index contributed by atoms with van der Waals surface area (Å²) in [6.07, 6.45) is 6.67. The van der Waals surface area contributed by atoms with Crippen molar-refractivity contribution >= 4 is 33.4 Å². The predicted octanol–water partition coefficient (Wildman–Crippen LogP) is 4.66. The van der Waals surface area contributed by atoms with Crippen LogP contribution in [0.3, 0.4) is 0 Å². The maximum absolute atomic E-state index is 12.6. The van der Waals surface area contributed by atoms with Crippen molar-refractivity contribution in [2.24, 2.45) is 23.7 Å². The van der Waals surface area contributed by atoms with Crippen molar-refractivity contribution < 1.29 is 4.79 Å². The molecule has 1 N–H and O–H groups in total. The highest BCUT2D eigenvalue weighted by atomic mass is 79.9.